The number of carbonyl (C=O) groups is 4. The van der Waals surface area contributed by atoms with E-state index in [2.05, 4.69) is 55.4 Å². The van der Waals surface area contributed by atoms with Crippen LogP contribution in [-0.2, 0) is 65.4 Å². The molecule has 0 aromatic carbocycles. The summed E-state index contributed by atoms with van der Waals surface area (Å²) in [7, 11) is -9.90. The summed E-state index contributed by atoms with van der Waals surface area (Å²) in [6, 6.07) is 0. The Kier molecular flexibility index (Phi) is 57.6. The van der Waals surface area contributed by atoms with Gasteiger partial charge in [-0.05, 0) is 49.4 Å². The number of unbranched alkanes of at least 4 members (excludes halogenated alkanes) is 31. The first-order valence-electron chi connectivity index (χ1n) is 35.7. The van der Waals surface area contributed by atoms with E-state index in [9.17, 15) is 43.2 Å². The van der Waals surface area contributed by atoms with Crippen LogP contribution in [0, 0.1) is 23.7 Å². The molecule has 19 heteroatoms. The Labute approximate surface area is 537 Å². The Morgan fingerprint density at radius 1 is 0.318 bits per heavy atom. The minimum Gasteiger partial charge on any atom is -0.462 e. The van der Waals surface area contributed by atoms with Crippen molar-refractivity contribution in [3.8, 4) is 0 Å². The third-order valence-corrected chi connectivity index (χ3v) is 18.1. The molecular weight excluding hydrogens is 1160 g/mol. The van der Waals surface area contributed by atoms with E-state index in [1.54, 1.807) is 0 Å². The van der Waals surface area contributed by atoms with E-state index in [-0.39, 0.29) is 25.7 Å². The van der Waals surface area contributed by atoms with Gasteiger partial charge in [0.2, 0.25) is 0 Å². The molecule has 0 spiro atoms. The number of esters is 4. The monoisotopic (exact) mass is 1300 g/mol. The lowest BCUT2D eigenvalue weighted by molar-refractivity contribution is -0.161. The SMILES string of the molecule is CCC(C)CCCCCCCCCCC(=O)O[C@H](COC(=O)CCCCCCCCCCCCCC(C)C)COP(=O)(O)OC[C@@H](O)COP(=O)(O)OC[C@@H](COC(=O)CCCCCCCCC(C)C)OC(=O)CCCCCCCCCCCCC(C)C. The molecule has 17 nitrogen and oxygen atoms in total. The molecule has 0 rings (SSSR count). The van der Waals surface area contributed by atoms with E-state index < -0.39 is 97.5 Å². The molecular formula is C69H134O17P2. The molecule has 0 aliphatic rings. The number of rotatable bonds is 66. The topological polar surface area (TPSA) is 237 Å². The van der Waals surface area contributed by atoms with Crippen LogP contribution in [0.1, 0.15) is 338 Å². The van der Waals surface area contributed by atoms with Crippen LogP contribution < -0.4 is 0 Å². The molecule has 6 atom stereocenters. The highest BCUT2D eigenvalue weighted by molar-refractivity contribution is 7.47. The smallest absolute Gasteiger partial charge is 0.462 e. The molecule has 3 N–H and O–H groups in total. The normalized spacial score (nSPS) is 14.6. The van der Waals surface area contributed by atoms with E-state index in [4.69, 9.17) is 37.0 Å². The van der Waals surface area contributed by atoms with E-state index >= 15 is 0 Å². The standard InChI is InChI=1S/C69H134O17P2/c1-9-62(8)48-40-32-23-19-20-26-36-44-52-69(74)86-64(55-79-66(71)49-41-33-24-17-12-10-11-15-21-29-37-45-59(2)3)57-83-87(75,76)81-53-63(70)54-82-88(77,78)84-58-65(56-80-67(72)50-42-34-28-27-31-39-47-61(6)7)85-68(73)51-43-35-25-18-14-13-16-22-30-38-46-60(4)5/h59-65,70H,9-58H2,1-8H3,(H,75,76)(H,77,78)/t62?,63-,64-,65-/m1/s1. The van der Waals surface area contributed by atoms with Crippen molar-refractivity contribution < 1.29 is 80.2 Å². The zero-order valence-electron chi connectivity index (χ0n) is 57.3. The average Bonchev–Trinajstić information content (AvgIpc) is 3.58. The van der Waals surface area contributed by atoms with Gasteiger partial charge >= 0.3 is 39.5 Å². The molecule has 0 heterocycles. The second-order valence-corrected chi connectivity index (χ2v) is 29.5. The van der Waals surface area contributed by atoms with E-state index in [0.29, 0.717) is 31.6 Å². The number of aliphatic hydroxyl groups is 1. The summed E-state index contributed by atoms with van der Waals surface area (Å²) in [6.07, 6.45) is 40.4. The van der Waals surface area contributed by atoms with Crippen LogP contribution in [0.2, 0.25) is 0 Å². The second-order valence-electron chi connectivity index (χ2n) is 26.6. The predicted molar refractivity (Wildman–Crippen MR) is 354 cm³/mol. The van der Waals surface area contributed by atoms with Crippen LogP contribution in [0.4, 0.5) is 0 Å². The summed E-state index contributed by atoms with van der Waals surface area (Å²) in [5.41, 5.74) is 0. The van der Waals surface area contributed by atoms with Gasteiger partial charge in [-0.25, -0.2) is 9.13 Å². The molecule has 522 valence electrons. The molecule has 0 aliphatic heterocycles. The minimum absolute atomic E-state index is 0.104. The molecule has 0 saturated heterocycles. The maximum Gasteiger partial charge on any atom is 0.472 e. The van der Waals surface area contributed by atoms with Crippen molar-refractivity contribution in [2.45, 2.75) is 356 Å². The molecule has 0 aliphatic carbocycles. The number of hydrogen-bond acceptors (Lipinski definition) is 15. The third-order valence-electron chi connectivity index (χ3n) is 16.2. The van der Waals surface area contributed by atoms with E-state index in [1.807, 2.05) is 0 Å². The Hall–Kier alpha value is -1.94. The molecule has 0 bridgehead atoms. The highest BCUT2D eigenvalue weighted by Gasteiger charge is 2.30. The summed E-state index contributed by atoms with van der Waals surface area (Å²) in [5.74, 6) is 0.839. The second kappa shape index (κ2) is 58.8. The zero-order chi connectivity index (χ0) is 65.4. The summed E-state index contributed by atoms with van der Waals surface area (Å²) in [5, 5.41) is 10.6. The minimum atomic E-state index is -4.95. The quantitative estimate of drug-likeness (QED) is 0.0222. The van der Waals surface area contributed by atoms with Crippen molar-refractivity contribution in [3.05, 3.63) is 0 Å². The van der Waals surface area contributed by atoms with Crippen LogP contribution in [0.3, 0.4) is 0 Å². The first-order valence-corrected chi connectivity index (χ1v) is 38.7. The summed E-state index contributed by atoms with van der Waals surface area (Å²) in [4.78, 5) is 72.5. The van der Waals surface area contributed by atoms with E-state index in [1.165, 1.54) is 135 Å². The Morgan fingerprint density at radius 2 is 0.545 bits per heavy atom. The first kappa shape index (κ1) is 86.1. The molecule has 88 heavy (non-hydrogen) atoms. The van der Waals surface area contributed by atoms with Gasteiger partial charge in [0.05, 0.1) is 26.4 Å². The van der Waals surface area contributed by atoms with Crippen LogP contribution in [0.25, 0.3) is 0 Å². The fourth-order valence-electron chi connectivity index (χ4n) is 10.3. The van der Waals surface area contributed by atoms with E-state index in [0.717, 1.165) is 114 Å². The fourth-order valence-corrected chi connectivity index (χ4v) is 11.9. The number of carbonyl (C=O) groups excluding carboxylic acids is 4. The van der Waals surface area contributed by atoms with Gasteiger partial charge < -0.3 is 33.8 Å². The molecule has 0 radical (unpaired) electrons. The van der Waals surface area contributed by atoms with Gasteiger partial charge in [0.1, 0.15) is 19.3 Å². The van der Waals surface area contributed by atoms with Gasteiger partial charge in [0, 0.05) is 25.7 Å². The molecule has 0 amide bonds. The van der Waals surface area contributed by atoms with Crippen molar-refractivity contribution in [1.29, 1.82) is 0 Å². The van der Waals surface area contributed by atoms with Crippen molar-refractivity contribution in [2.24, 2.45) is 23.7 Å². The Balaban J connectivity index is 5.25. The van der Waals surface area contributed by atoms with Gasteiger partial charge in [0.25, 0.3) is 0 Å². The number of hydrogen-bond donors (Lipinski definition) is 3. The van der Waals surface area contributed by atoms with Gasteiger partial charge in [-0.1, -0.05) is 287 Å². The molecule has 0 fully saturated rings. The first-order chi connectivity index (χ1) is 42.1. The van der Waals surface area contributed by atoms with Crippen LogP contribution in [-0.4, -0.2) is 96.7 Å². The number of ether oxygens (including phenoxy) is 4. The van der Waals surface area contributed by atoms with Gasteiger partial charge in [0.15, 0.2) is 12.2 Å². The van der Waals surface area contributed by atoms with Gasteiger partial charge in [-0.3, -0.25) is 37.3 Å². The van der Waals surface area contributed by atoms with Gasteiger partial charge in [-0.15, -0.1) is 0 Å². The van der Waals surface area contributed by atoms with Crippen molar-refractivity contribution in [3.63, 3.8) is 0 Å². The number of aliphatic hydroxyl groups excluding tert-OH is 1. The maximum atomic E-state index is 13.0. The molecule has 0 aromatic heterocycles. The van der Waals surface area contributed by atoms with Crippen LogP contribution in [0.15, 0.2) is 0 Å². The fraction of sp³-hybridized carbons (Fsp3) is 0.942. The van der Waals surface area contributed by atoms with Crippen molar-refractivity contribution >= 4 is 39.5 Å². The van der Waals surface area contributed by atoms with Crippen molar-refractivity contribution in [2.75, 3.05) is 39.6 Å². The predicted octanol–water partition coefficient (Wildman–Crippen LogP) is 19.3. The molecule has 3 unspecified atom stereocenters. The third kappa shape index (κ3) is 61.6. The lowest BCUT2D eigenvalue weighted by Gasteiger charge is -2.21. The summed E-state index contributed by atoms with van der Waals surface area (Å²) in [6.45, 7) is 14.0. The lowest BCUT2D eigenvalue weighted by atomic mass is 9.99. The van der Waals surface area contributed by atoms with Crippen LogP contribution in [0.5, 0.6) is 0 Å². The highest BCUT2D eigenvalue weighted by atomic mass is 31.2. The molecule has 0 aromatic rings. The summed E-state index contributed by atoms with van der Waals surface area (Å²) < 4.78 is 68.2. The number of phosphoric ester groups is 2. The van der Waals surface area contributed by atoms with Crippen molar-refractivity contribution in [1.82, 2.24) is 0 Å². The summed E-state index contributed by atoms with van der Waals surface area (Å²) >= 11 is 0. The highest BCUT2D eigenvalue weighted by Crippen LogP contribution is 2.45. The Bertz CT molecular complexity index is 1750. The zero-order valence-corrected chi connectivity index (χ0v) is 59.1. The average molecular weight is 1300 g/mol. The maximum absolute atomic E-state index is 13.0. The van der Waals surface area contributed by atoms with Gasteiger partial charge in [-0.2, -0.15) is 0 Å². The number of phosphoric acid groups is 2. The Morgan fingerprint density at radius 3 is 0.807 bits per heavy atom. The largest absolute Gasteiger partial charge is 0.472 e. The lowest BCUT2D eigenvalue weighted by Crippen LogP contribution is -2.30. The van der Waals surface area contributed by atoms with Crippen LogP contribution >= 0.6 is 15.6 Å². The molecule has 0 saturated carbocycles.